The zero-order valence-electron chi connectivity index (χ0n) is 13.5. The highest BCUT2D eigenvalue weighted by Gasteiger charge is 2.19. The molecule has 0 unspecified atom stereocenters. The number of carbonyl (C=O) groups is 1. The maximum Gasteiger partial charge on any atom is 0.258 e. The molecule has 0 spiro atoms. The van der Waals surface area contributed by atoms with Gasteiger partial charge < -0.3 is 9.84 Å². The van der Waals surface area contributed by atoms with Crippen molar-refractivity contribution in [2.45, 2.75) is 33.2 Å². The van der Waals surface area contributed by atoms with E-state index >= 15 is 0 Å². The summed E-state index contributed by atoms with van der Waals surface area (Å²) >= 11 is 0. The van der Waals surface area contributed by atoms with Gasteiger partial charge in [-0.05, 0) is 31.9 Å². The summed E-state index contributed by atoms with van der Waals surface area (Å²) in [4.78, 5) is 17.1. The molecule has 0 aliphatic heterocycles. The first-order chi connectivity index (χ1) is 11.1. The van der Waals surface area contributed by atoms with Crippen molar-refractivity contribution in [2.24, 2.45) is 0 Å². The Bertz CT molecular complexity index is 840. The second-order valence-electron chi connectivity index (χ2n) is 5.57. The van der Waals surface area contributed by atoms with Crippen molar-refractivity contribution >= 4 is 17.0 Å². The number of nitrogens with zero attached hydrogens (tertiary/aromatic N) is 2. The number of aromatic nitrogens is 2. The van der Waals surface area contributed by atoms with E-state index in [1.807, 2.05) is 57.2 Å². The maximum absolute atomic E-state index is 12.8. The van der Waals surface area contributed by atoms with Crippen LogP contribution in [-0.2, 0) is 6.42 Å². The van der Waals surface area contributed by atoms with E-state index < -0.39 is 0 Å². The first-order valence-electron chi connectivity index (χ1n) is 7.72. The number of nitrogens with one attached hydrogen (secondary N) is 1. The summed E-state index contributed by atoms with van der Waals surface area (Å²) in [6.45, 7) is 5.77. The number of aryl methyl sites for hydroxylation is 2. The smallest absolute Gasteiger partial charge is 0.258 e. The summed E-state index contributed by atoms with van der Waals surface area (Å²) in [5.74, 6) is -0.144. The Labute approximate surface area is 134 Å². The average Bonchev–Trinajstić information content (AvgIpc) is 2.95. The summed E-state index contributed by atoms with van der Waals surface area (Å²) in [6.07, 6.45) is 0.726. The van der Waals surface area contributed by atoms with Crippen molar-refractivity contribution in [1.29, 1.82) is 0 Å². The van der Waals surface area contributed by atoms with Gasteiger partial charge in [-0.2, -0.15) is 0 Å². The van der Waals surface area contributed by atoms with Crippen LogP contribution in [0.3, 0.4) is 0 Å². The fourth-order valence-electron chi connectivity index (χ4n) is 2.61. The van der Waals surface area contributed by atoms with Gasteiger partial charge in [0.25, 0.3) is 11.6 Å². The van der Waals surface area contributed by atoms with E-state index in [0.717, 1.165) is 17.7 Å². The molecule has 0 saturated heterocycles. The van der Waals surface area contributed by atoms with Crippen LogP contribution in [0, 0.1) is 6.92 Å². The molecule has 1 aromatic carbocycles. The van der Waals surface area contributed by atoms with E-state index in [9.17, 15) is 4.79 Å². The average molecular weight is 309 g/mol. The van der Waals surface area contributed by atoms with Gasteiger partial charge in [-0.25, -0.2) is 4.98 Å². The predicted octanol–water partition coefficient (Wildman–Crippen LogP) is 3.58. The van der Waals surface area contributed by atoms with Crippen LogP contribution >= 0.6 is 0 Å². The van der Waals surface area contributed by atoms with Crippen molar-refractivity contribution in [3.63, 3.8) is 0 Å². The van der Waals surface area contributed by atoms with E-state index in [1.165, 1.54) is 0 Å². The van der Waals surface area contributed by atoms with Crippen molar-refractivity contribution in [2.75, 3.05) is 0 Å². The van der Waals surface area contributed by atoms with Crippen molar-refractivity contribution < 1.29 is 9.32 Å². The first-order valence-corrected chi connectivity index (χ1v) is 7.72. The largest absolute Gasteiger partial charge is 0.345 e. The highest BCUT2D eigenvalue weighted by Crippen LogP contribution is 2.23. The lowest BCUT2D eigenvalue weighted by atomic mass is 10.1. The number of rotatable bonds is 4. The number of hydrogen-bond acceptors (Lipinski definition) is 4. The fourth-order valence-corrected chi connectivity index (χ4v) is 2.61. The zero-order valence-corrected chi connectivity index (χ0v) is 13.5. The molecular weight excluding hydrogens is 290 g/mol. The van der Waals surface area contributed by atoms with Crippen molar-refractivity contribution in [3.8, 4) is 0 Å². The van der Waals surface area contributed by atoms with Crippen LogP contribution in [-0.4, -0.2) is 16.0 Å². The number of carbonyl (C=O) groups excluding carboxylic acids is 1. The summed E-state index contributed by atoms with van der Waals surface area (Å²) < 4.78 is 5.23. The minimum Gasteiger partial charge on any atom is -0.345 e. The van der Waals surface area contributed by atoms with Crippen LogP contribution < -0.4 is 5.32 Å². The summed E-state index contributed by atoms with van der Waals surface area (Å²) in [5.41, 5.74) is 3.52. The molecule has 0 aliphatic carbocycles. The van der Waals surface area contributed by atoms with Crippen molar-refractivity contribution in [1.82, 2.24) is 15.5 Å². The summed E-state index contributed by atoms with van der Waals surface area (Å²) in [5, 5.41) is 7.65. The molecule has 5 heteroatoms. The van der Waals surface area contributed by atoms with Crippen LogP contribution in [0.4, 0.5) is 0 Å². The molecule has 2 heterocycles. The van der Waals surface area contributed by atoms with Gasteiger partial charge in [-0.3, -0.25) is 4.79 Å². The van der Waals surface area contributed by atoms with Gasteiger partial charge in [-0.1, -0.05) is 42.4 Å². The van der Waals surface area contributed by atoms with Gasteiger partial charge >= 0.3 is 0 Å². The van der Waals surface area contributed by atoms with Crippen LogP contribution in [0.1, 0.15) is 47.2 Å². The molecule has 1 atom stereocenters. The standard InChI is InChI=1S/C18H19N3O2/c1-4-14-10-15(16-12(3)21-23-18(16)20-14)17(22)19-11(2)13-8-6-5-7-9-13/h5-11H,4H2,1-3H3,(H,19,22)/t11-/m0/s1. The van der Waals surface area contributed by atoms with Gasteiger partial charge in [0, 0.05) is 5.69 Å². The molecule has 3 rings (SSSR count). The number of pyridine rings is 1. The second-order valence-corrected chi connectivity index (χ2v) is 5.57. The number of hydrogen-bond donors (Lipinski definition) is 1. The lowest BCUT2D eigenvalue weighted by molar-refractivity contribution is 0.0941. The Morgan fingerprint density at radius 2 is 2.04 bits per heavy atom. The molecule has 3 aromatic rings. The third-order valence-electron chi connectivity index (χ3n) is 3.92. The monoisotopic (exact) mass is 309 g/mol. The van der Waals surface area contributed by atoms with Gasteiger partial charge in [0.15, 0.2) is 0 Å². The van der Waals surface area contributed by atoms with E-state index in [0.29, 0.717) is 22.4 Å². The molecule has 118 valence electrons. The van der Waals surface area contributed by atoms with Crippen LogP contribution in [0.25, 0.3) is 11.1 Å². The Kier molecular flexibility index (Phi) is 4.10. The minimum atomic E-state index is -0.144. The molecule has 5 nitrogen and oxygen atoms in total. The highest BCUT2D eigenvalue weighted by atomic mass is 16.5. The van der Waals surface area contributed by atoms with Gasteiger partial charge in [0.05, 0.1) is 22.7 Å². The van der Waals surface area contributed by atoms with E-state index in [-0.39, 0.29) is 11.9 Å². The third kappa shape index (κ3) is 2.95. The molecule has 2 aromatic heterocycles. The van der Waals surface area contributed by atoms with Gasteiger partial charge in [-0.15, -0.1) is 0 Å². The normalized spacial score (nSPS) is 12.3. The number of amides is 1. The molecule has 1 amide bonds. The first kappa shape index (κ1) is 15.2. The zero-order chi connectivity index (χ0) is 16.4. The summed E-state index contributed by atoms with van der Waals surface area (Å²) in [7, 11) is 0. The Balaban J connectivity index is 1.96. The molecule has 23 heavy (non-hydrogen) atoms. The van der Waals surface area contributed by atoms with E-state index in [2.05, 4.69) is 15.5 Å². The lowest BCUT2D eigenvalue weighted by Gasteiger charge is -2.15. The minimum absolute atomic E-state index is 0.0860. The molecule has 0 saturated carbocycles. The lowest BCUT2D eigenvalue weighted by Crippen LogP contribution is -2.27. The molecule has 0 bridgehead atoms. The molecule has 0 aliphatic rings. The van der Waals surface area contributed by atoms with Crippen LogP contribution in [0.5, 0.6) is 0 Å². The second kappa shape index (κ2) is 6.20. The maximum atomic E-state index is 12.8. The fraction of sp³-hybridized carbons (Fsp3) is 0.278. The molecule has 0 radical (unpaired) electrons. The van der Waals surface area contributed by atoms with E-state index in [1.54, 1.807) is 0 Å². The number of fused-ring (bicyclic) bond motifs is 1. The Morgan fingerprint density at radius 3 is 2.74 bits per heavy atom. The Hall–Kier alpha value is -2.69. The van der Waals surface area contributed by atoms with Gasteiger partial charge in [0.2, 0.25) is 0 Å². The third-order valence-corrected chi connectivity index (χ3v) is 3.92. The quantitative estimate of drug-likeness (QED) is 0.799. The highest BCUT2D eigenvalue weighted by molar-refractivity contribution is 6.06. The SMILES string of the molecule is CCc1cc(C(=O)N[C@@H](C)c2ccccc2)c2c(C)noc2n1. The summed E-state index contributed by atoms with van der Waals surface area (Å²) in [6, 6.07) is 11.6. The van der Waals surface area contributed by atoms with Crippen molar-refractivity contribution in [3.05, 3.63) is 58.9 Å². The van der Waals surface area contributed by atoms with Crippen LogP contribution in [0.15, 0.2) is 40.9 Å². The molecule has 1 N–H and O–H groups in total. The molecular formula is C18H19N3O2. The Morgan fingerprint density at radius 1 is 1.30 bits per heavy atom. The predicted molar refractivity (Wildman–Crippen MR) is 88.2 cm³/mol. The van der Waals surface area contributed by atoms with E-state index in [4.69, 9.17) is 4.52 Å². The van der Waals surface area contributed by atoms with Crippen LogP contribution in [0.2, 0.25) is 0 Å². The number of benzene rings is 1. The topological polar surface area (TPSA) is 68.0 Å². The molecule has 0 fully saturated rings. The van der Waals surface area contributed by atoms with Gasteiger partial charge in [0.1, 0.15) is 0 Å².